The number of benzene rings is 2. The van der Waals surface area contributed by atoms with Gasteiger partial charge in [-0.3, -0.25) is 14.3 Å². The molecule has 8 nitrogen and oxygen atoms in total. The number of hydrogen-bond acceptors (Lipinski definition) is 5. The van der Waals surface area contributed by atoms with E-state index in [-0.39, 0.29) is 29.0 Å². The molecule has 0 bridgehead atoms. The van der Waals surface area contributed by atoms with Crippen LogP contribution in [0.5, 0.6) is 5.75 Å². The van der Waals surface area contributed by atoms with Crippen molar-refractivity contribution in [1.82, 2.24) is 14.5 Å². The zero-order valence-corrected chi connectivity index (χ0v) is 27.5. The molecular weight excluding hydrogens is 574 g/mol. The Labute approximate surface area is 270 Å². The van der Waals surface area contributed by atoms with E-state index in [0.717, 1.165) is 33.3 Å². The lowest BCUT2D eigenvalue weighted by atomic mass is 9.93. The van der Waals surface area contributed by atoms with Gasteiger partial charge >= 0.3 is 6.03 Å². The van der Waals surface area contributed by atoms with Gasteiger partial charge in [0.05, 0.1) is 6.61 Å². The average Bonchev–Trinajstić information content (AvgIpc) is 3.03. The van der Waals surface area contributed by atoms with E-state index in [0.29, 0.717) is 36.5 Å². The highest BCUT2D eigenvalue weighted by atomic mass is 16.5. The number of rotatable bonds is 11. The maximum absolute atomic E-state index is 14.3. The first-order chi connectivity index (χ1) is 22.1. The minimum absolute atomic E-state index is 0.179. The SMILES string of the molecule is CC(C)Cn1c(=O)c(NC(=O)Nc2c(C(C)C)cccc2C(C)C)c(-c2cccc(OCCc3cccnc3)c2)c2cccnc21. The predicted molar refractivity (Wildman–Crippen MR) is 187 cm³/mol. The van der Waals surface area contributed by atoms with Crippen LogP contribution in [0.2, 0.25) is 0 Å². The standard InChI is InChI=1S/C38H43N5O3/c1-24(2)23-43-36-32(16-10-19-40-36)33(28-12-7-13-29(21-28)46-20-17-27-11-9-18-39-22-27)35(37(43)44)42-38(45)41-34-30(25(3)4)14-8-15-31(34)26(5)6/h7-16,18-19,21-22,24-26H,17,20,23H2,1-6H3,(H2,41,42,45). The number of amides is 2. The molecular formula is C38H43N5O3. The van der Waals surface area contributed by atoms with E-state index >= 15 is 0 Å². The van der Waals surface area contributed by atoms with Crippen molar-refractivity contribution in [1.29, 1.82) is 0 Å². The smallest absolute Gasteiger partial charge is 0.323 e. The first-order valence-corrected chi connectivity index (χ1v) is 16.0. The van der Waals surface area contributed by atoms with Gasteiger partial charge in [0.15, 0.2) is 0 Å². The van der Waals surface area contributed by atoms with Crippen molar-refractivity contribution in [3.8, 4) is 16.9 Å². The van der Waals surface area contributed by atoms with Gasteiger partial charge in [0.2, 0.25) is 0 Å². The van der Waals surface area contributed by atoms with Crippen LogP contribution in [-0.4, -0.2) is 27.2 Å². The lowest BCUT2D eigenvalue weighted by Crippen LogP contribution is -2.31. The molecule has 5 rings (SSSR count). The van der Waals surface area contributed by atoms with Crippen LogP contribution in [0.3, 0.4) is 0 Å². The fourth-order valence-corrected chi connectivity index (χ4v) is 5.76. The highest BCUT2D eigenvalue weighted by Crippen LogP contribution is 2.36. The highest BCUT2D eigenvalue weighted by Gasteiger charge is 2.23. The molecule has 238 valence electrons. The molecule has 0 atom stereocenters. The van der Waals surface area contributed by atoms with Crippen molar-refractivity contribution in [2.24, 2.45) is 5.92 Å². The van der Waals surface area contributed by atoms with Crippen LogP contribution in [0.4, 0.5) is 16.2 Å². The summed E-state index contributed by atoms with van der Waals surface area (Å²) in [5, 5.41) is 6.87. The van der Waals surface area contributed by atoms with Crippen molar-refractivity contribution >= 4 is 28.4 Å². The van der Waals surface area contributed by atoms with Crippen LogP contribution in [0.15, 0.2) is 90.1 Å². The molecule has 0 saturated carbocycles. The highest BCUT2D eigenvalue weighted by molar-refractivity contribution is 6.07. The molecule has 0 unspecified atom stereocenters. The zero-order chi connectivity index (χ0) is 32.8. The minimum Gasteiger partial charge on any atom is -0.493 e. The van der Waals surface area contributed by atoms with Crippen LogP contribution in [0, 0.1) is 5.92 Å². The number of urea groups is 1. The Hall–Kier alpha value is -4.98. The molecule has 0 aliphatic carbocycles. The summed E-state index contributed by atoms with van der Waals surface area (Å²) in [5.41, 5.74) is 5.73. The van der Waals surface area contributed by atoms with Crippen molar-refractivity contribution in [2.75, 3.05) is 17.2 Å². The third-order valence-electron chi connectivity index (χ3n) is 7.92. The molecule has 2 N–H and O–H groups in total. The Morgan fingerprint density at radius 3 is 2.22 bits per heavy atom. The minimum atomic E-state index is -0.475. The third-order valence-corrected chi connectivity index (χ3v) is 7.92. The van der Waals surface area contributed by atoms with E-state index in [1.807, 2.05) is 72.9 Å². The summed E-state index contributed by atoms with van der Waals surface area (Å²) in [4.78, 5) is 37.0. The van der Waals surface area contributed by atoms with E-state index in [4.69, 9.17) is 4.74 Å². The number of nitrogens with zero attached hydrogens (tertiary/aromatic N) is 3. The maximum atomic E-state index is 14.3. The summed E-state index contributed by atoms with van der Waals surface area (Å²) in [7, 11) is 0. The topological polar surface area (TPSA) is 98.1 Å². The van der Waals surface area contributed by atoms with Gasteiger partial charge in [-0.05, 0) is 70.3 Å². The van der Waals surface area contributed by atoms with Crippen LogP contribution < -0.4 is 20.9 Å². The quantitative estimate of drug-likeness (QED) is 0.155. The van der Waals surface area contributed by atoms with Crippen molar-refractivity contribution < 1.29 is 9.53 Å². The molecule has 3 aromatic heterocycles. The summed E-state index contributed by atoms with van der Waals surface area (Å²) in [6, 6.07) is 21.0. The molecule has 2 amide bonds. The third kappa shape index (κ3) is 7.28. The Morgan fingerprint density at radius 1 is 0.848 bits per heavy atom. The number of ether oxygens (including phenoxy) is 1. The summed E-state index contributed by atoms with van der Waals surface area (Å²) in [5.74, 6) is 1.23. The number of nitrogens with one attached hydrogen (secondary N) is 2. The number of hydrogen-bond donors (Lipinski definition) is 2. The van der Waals surface area contributed by atoms with Gasteiger partial charge in [-0.25, -0.2) is 9.78 Å². The van der Waals surface area contributed by atoms with E-state index in [2.05, 4.69) is 62.1 Å². The van der Waals surface area contributed by atoms with Gasteiger partial charge < -0.3 is 15.4 Å². The van der Waals surface area contributed by atoms with Crippen LogP contribution >= 0.6 is 0 Å². The van der Waals surface area contributed by atoms with Gasteiger partial charge in [0.1, 0.15) is 17.1 Å². The number of aromatic nitrogens is 3. The fourth-order valence-electron chi connectivity index (χ4n) is 5.76. The number of fused-ring (bicyclic) bond motifs is 1. The lowest BCUT2D eigenvalue weighted by Gasteiger charge is -2.22. The summed E-state index contributed by atoms with van der Waals surface area (Å²) in [6.45, 7) is 13.4. The molecule has 0 spiro atoms. The number of carbonyl (C=O) groups is 1. The fraction of sp³-hybridized carbons (Fsp3) is 0.316. The Balaban J connectivity index is 1.58. The largest absolute Gasteiger partial charge is 0.493 e. The monoisotopic (exact) mass is 617 g/mol. The summed E-state index contributed by atoms with van der Waals surface area (Å²) >= 11 is 0. The second-order valence-electron chi connectivity index (χ2n) is 12.6. The molecule has 0 aliphatic heterocycles. The number of para-hydroxylation sites is 1. The van der Waals surface area contributed by atoms with E-state index in [1.165, 1.54) is 0 Å². The molecule has 0 saturated heterocycles. The Bertz CT molecular complexity index is 1850. The Morgan fingerprint density at radius 2 is 1.54 bits per heavy atom. The zero-order valence-electron chi connectivity index (χ0n) is 27.5. The second-order valence-corrected chi connectivity index (χ2v) is 12.6. The van der Waals surface area contributed by atoms with E-state index in [1.54, 1.807) is 17.0 Å². The van der Waals surface area contributed by atoms with Crippen molar-refractivity contribution in [3.05, 3.63) is 112 Å². The molecule has 46 heavy (non-hydrogen) atoms. The van der Waals surface area contributed by atoms with Gasteiger partial charge in [0.25, 0.3) is 5.56 Å². The first-order valence-electron chi connectivity index (χ1n) is 16.0. The van der Waals surface area contributed by atoms with Crippen LogP contribution in [-0.2, 0) is 13.0 Å². The number of pyridine rings is 3. The predicted octanol–water partition coefficient (Wildman–Crippen LogP) is 8.63. The number of anilines is 2. The molecule has 2 aromatic carbocycles. The van der Waals surface area contributed by atoms with E-state index in [9.17, 15) is 9.59 Å². The Kier molecular flexibility index (Phi) is 10.2. The molecule has 5 aromatic rings. The van der Waals surface area contributed by atoms with Crippen LogP contribution in [0.1, 0.15) is 70.1 Å². The molecule has 0 radical (unpaired) electrons. The lowest BCUT2D eigenvalue weighted by molar-refractivity contribution is 0.262. The number of carbonyl (C=O) groups excluding carboxylic acids is 1. The van der Waals surface area contributed by atoms with Gasteiger partial charge in [-0.2, -0.15) is 0 Å². The first kappa shape index (κ1) is 32.4. The normalized spacial score (nSPS) is 11.4. The molecule has 0 aliphatic rings. The molecule has 0 fully saturated rings. The van der Waals surface area contributed by atoms with Crippen LogP contribution in [0.25, 0.3) is 22.2 Å². The second kappa shape index (κ2) is 14.4. The molecule has 3 heterocycles. The molecule has 8 heteroatoms. The van der Waals surface area contributed by atoms with Crippen molar-refractivity contribution in [2.45, 2.75) is 66.3 Å². The van der Waals surface area contributed by atoms with Gasteiger partial charge in [-0.15, -0.1) is 0 Å². The van der Waals surface area contributed by atoms with Gasteiger partial charge in [-0.1, -0.05) is 77.9 Å². The summed E-state index contributed by atoms with van der Waals surface area (Å²) in [6.07, 6.45) is 5.98. The van der Waals surface area contributed by atoms with Crippen molar-refractivity contribution in [3.63, 3.8) is 0 Å². The maximum Gasteiger partial charge on any atom is 0.323 e. The van der Waals surface area contributed by atoms with E-state index < -0.39 is 6.03 Å². The summed E-state index contributed by atoms with van der Waals surface area (Å²) < 4.78 is 7.80. The van der Waals surface area contributed by atoms with Gasteiger partial charge in [0, 0.05) is 48.2 Å². The average molecular weight is 618 g/mol.